The fourth-order valence-electron chi connectivity index (χ4n) is 4.94. The fraction of sp³-hybridized carbons (Fsp3) is 0.257. The molecule has 0 saturated carbocycles. The molecule has 1 N–H and O–H groups in total. The zero-order valence-electron chi connectivity index (χ0n) is 23.0. The van der Waals surface area contributed by atoms with Gasteiger partial charge >= 0.3 is 0 Å². The van der Waals surface area contributed by atoms with Gasteiger partial charge in [-0.3, -0.25) is 9.59 Å². The summed E-state index contributed by atoms with van der Waals surface area (Å²) in [7, 11) is 0. The first-order valence-corrected chi connectivity index (χ1v) is 14.0. The van der Waals surface area contributed by atoms with Crippen LogP contribution in [0.5, 0.6) is 0 Å². The van der Waals surface area contributed by atoms with Crippen molar-refractivity contribution in [3.05, 3.63) is 143 Å². The van der Waals surface area contributed by atoms with E-state index in [9.17, 15) is 14.0 Å². The highest BCUT2D eigenvalue weighted by Crippen LogP contribution is 2.30. The molecule has 4 aromatic rings. The van der Waals surface area contributed by atoms with Crippen LogP contribution in [0.1, 0.15) is 54.4 Å². The van der Waals surface area contributed by atoms with Crippen LogP contribution in [0.15, 0.2) is 115 Å². The number of carbonyl (C=O) groups excluding carboxylic acids is 2. The average molecular weight is 537 g/mol. The normalized spacial score (nSPS) is 11.7. The summed E-state index contributed by atoms with van der Waals surface area (Å²) in [5.74, 6) is -0.823. The highest BCUT2D eigenvalue weighted by atomic mass is 19.1. The van der Waals surface area contributed by atoms with Gasteiger partial charge in [0.25, 0.3) is 0 Å². The number of nitrogens with one attached hydrogen (secondary N) is 1. The molecule has 40 heavy (non-hydrogen) atoms. The number of nitrogens with zero attached hydrogens (tertiary/aromatic N) is 1. The van der Waals surface area contributed by atoms with Crippen molar-refractivity contribution in [3.63, 3.8) is 0 Å². The van der Waals surface area contributed by atoms with Crippen molar-refractivity contribution < 1.29 is 14.0 Å². The molecular formula is C35H37FN2O2. The molecule has 4 aromatic carbocycles. The maximum absolute atomic E-state index is 14.3. The molecule has 0 unspecified atom stereocenters. The van der Waals surface area contributed by atoms with Crippen LogP contribution in [0.2, 0.25) is 0 Å². The lowest BCUT2D eigenvalue weighted by molar-refractivity contribution is -0.141. The SMILES string of the molecule is CCCCNC(=O)[C@@H](Cc1ccccc1)N(Cc1ccc(F)cc1)C(=O)CC(c1ccccc1)c1ccccc1. The van der Waals surface area contributed by atoms with Gasteiger partial charge in [-0.15, -0.1) is 0 Å². The molecule has 1 atom stereocenters. The number of unbranched alkanes of at least 4 members (excludes halogenated alkanes) is 1. The van der Waals surface area contributed by atoms with E-state index in [-0.39, 0.29) is 36.5 Å². The van der Waals surface area contributed by atoms with Crippen molar-refractivity contribution in [2.24, 2.45) is 0 Å². The molecule has 4 nitrogen and oxygen atoms in total. The molecule has 4 rings (SSSR count). The number of carbonyl (C=O) groups is 2. The van der Waals surface area contributed by atoms with E-state index >= 15 is 0 Å². The molecule has 0 heterocycles. The van der Waals surface area contributed by atoms with Gasteiger partial charge < -0.3 is 10.2 Å². The predicted molar refractivity (Wildman–Crippen MR) is 158 cm³/mol. The Hall–Kier alpha value is -4.25. The summed E-state index contributed by atoms with van der Waals surface area (Å²) < 4.78 is 13.7. The maximum Gasteiger partial charge on any atom is 0.243 e. The molecule has 0 fully saturated rings. The number of benzene rings is 4. The first kappa shape index (κ1) is 28.8. The number of hydrogen-bond acceptors (Lipinski definition) is 2. The number of rotatable bonds is 13. The van der Waals surface area contributed by atoms with Crippen molar-refractivity contribution in [2.45, 2.75) is 51.1 Å². The van der Waals surface area contributed by atoms with Gasteiger partial charge in [-0.2, -0.15) is 0 Å². The van der Waals surface area contributed by atoms with E-state index in [2.05, 4.69) is 12.2 Å². The Morgan fingerprint density at radius 3 is 1.85 bits per heavy atom. The number of amides is 2. The van der Waals surface area contributed by atoms with Crippen LogP contribution in [0, 0.1) is 5.82 Å². The average Bonchev–Trinajstić information content (AvgIpc) is 3.00. The monoisotopic (exact) mass is 536 g/mol. The van der Waals surface area contributed by atoms with Gasteiger partial charge in [0.1, 0.15) is 11.9 Å². The zero-order chi connectivity index (χ0) is 28.2. The van der Waals surface area contributed by atoms with Crippen LogP contribution >= 0.6 is 0 Å². The minimum absolute atomic E-state index is 0.131. The van der Waals surface area contributed by atoms with Gasteiger partial charge in [-0.05, 0) is 40.8 Å². The minimum atomic E-state index is -0.719. The minimum Gasteiger partial charge on any atom is -0.354 e. The Balaban J connectivity index is 1.71. The second kappa shape index (κ2) is 14.8. The summed E-state index contributed by atoms with van der Waals surface area (Å²) in [6.07, 6.45) is 2.40. The van der Waals surface area contributed by atoms with E-state index < -0.39 is 6.04 Å². The molecule has 0 saturated heterocycles. The Labute approximate surface area is 236 Å². The standard InChI is InChI=1S/C35H37FN2O2/c1-2-3-23-37-35(40)33(24-27-13-7-4-8-14-27)38(26-28-19-21-31(36)22-20-28)34(39)25-32(29-15-9-5-10-16-29)30-17-11-6-12-18-30/h4-22,32-33H,2-3,23-26H2,1H3,(H,37,40)/t33-/m1/s1. The van der Waals surface area contributed by atoms with E-state index in [1.54, 1.807) is 17.0 Å². The lowest BCUT2D eigenvalue weighted by Crippen LogP contribution is -2.51. The molecule has 0 bridgehead atoms. The van der Waals surface area contributed by atoms with E-state index in [1.165, 1.54) is 12.1 Å². The van der Waals surface area contributed by atoms with Gasteiger partial charge in [0.2, 0.25) is 11.8 Å². The lowest BCUT2D eigenvalue weighted by Gasteiger charge is -2.33. The highest BCUT2D eigenvalue weighted by Gasteiger charge is 2.32. The summed E-state index contributed by atoms with van der Waals surface area (Å²) in [6.45, 7) is 2.83. The van der Waals surface area contributed by atoms with Crippen LogP contribution < -0.4 is 5.32 Å². The van der Waals surface area contributed by atoms with Crippen LogP contribution in [-0.4, -0.2) is 29.3 Å². The molecule has 0 aliphatic rings. The van der Waals surface area contributed by atoms with Crippen molar-refractivity contribution in [1.29, 1.82) is 0 Å². The zero-order valence-corrected chi connectivity index (χ0v) is 23.0. The van der Waals surface area contributed by atoms with Gasteiger partial charge in [-0.1, -0.05) is 116 Å². The number of halogens is 1. The van der Waals surface area contributed by atoms with Crippen LogP contribution in [0.4, 0.5) is 4.39 Å². The molecule has 0 aliphatic carbocycles. The summed E-state index contributed by atoms with van der Waals surface area (Å²) >= 11 is 0. The smallest absolute Gasteiger partial charge is 0.243 e. The molecule has 5 heteroatoms. The lowest BCUT2D eigenvalue weighted by atomic mass is 9.87. The van der Waals surface area contributed by atoms with Crippen molar-refractivity contribution >= 4 is 11.8 Å². The van der Waals surface area contributed by atoms with E-state index in [4.69, 9.17) is 0 Å². The highest BCUT2D eigenvalue weighted by molar-refractivity contribution is 5.88. The quantitative estimate of drug-likeness (QED) is 0.189. The predicted octanol–water partition coefficient (Wildman–Crippen LogP) is 6.90. The molecule has 0 radical (unpaired) electrons. The van der Waals surface area contributed by atoms with Gasteiger partial charge in [0.15, 0.2) is 0 Å². The number of hydrogen-bond donors (Lipinski definition) is 1. The second-order valence-corrected chi connectivity index (χ2v) is 10.1. The molecule has 206 valence electrons. The van der Waals surface area contributed by atoms with E-state index in [1.807, 2.05) is 91.0 Å². The molecule has 0 aliphatic heterocycles. The van der Waals surface area contributed by atoms with E-state index in [0.29, 0.717) is 13.0 Å². The Kier molecular flexibility index (Phi) is 10.6. The molecular weight excluding hydrogens is 499 g/mol. The van der Waals surface area contributed by atoms with E-state index in [0.717, 1.165) is 35.1 Å². The third-order valence-corrected chi connectivity index (χ3v) is 7.15. The van der Waals surface area contributed by atoms with Crippen molar-refractivity contribution in [3.8, 4) is 0 Å². The topological polar surface area (TPSA) is 49.4 Å². The second-order valence-electron chi connectivity index (χ2n) is 10.1. The summed E-state index contributed by atoms with van der Waals surface area (Å²) in [6, 6.07) is 35.2. The Morgan fingerprint density at radius 2 is 1.30 bits per heavy atom. The summed E-state index contributed by atoms with van der Waals surface area (Å²) in [5, 5.41) is 3.06. The van der Waals surface area contributed by atoms with Crippen molar-refractivity contribution in [2.75, 3.05) is 6.54 Å². The van der Waals surface area contributed by atoms with Crippen molar-refractivity contribution in [1.82, 2.24) is 10.2 Å². The first-order valence-electron chi connectivity index (χ1n) is 14.0. The Bertz CT molecular complexity index is 1290. The molecule has 0 spiro atoms. The molecule has 0 aromatic heterocycles. The fourth-order valence-corrected chi connectivity index (χ4v) is 4.94. The van der Waals surface area contributed by atoms with Gasteiger partial charge in [-0.25, -0.2) is 4.39 Å². The van der Waals surface area contributed by atoms with Crippen LogP contribution in [0.25, 0.3) is 0 Å². The molecule has 2 amide bonds. The third kappa shape index (κ3) is 8.12. The third-order valence-electron chi connectivity index (χ3n) is 7.15. The maximum atomic E-state index is 14.3. The summed E-state index contributed by atoms with van der Waals surface area (Å²) in [4.78, 5) is 29.7. The first-order chi connectivity index (χ1) is 19.5. The Morgan fingerprint density at radius 1 is 0.750 bits per heavy atom. The van der Waals surface area contributed by atoms with Gasteiger partial charge in [0, 0.05) is 31.8 Å². The van der Waals surface area contributed by atoms with Gasteiger partial charge in [0.05, 0.1) is 0 Å². The van der Waals surface area contributed by atoms with Crippen LogP contribution in [-0.2, 0) is 22.6 Å². The summed E-state index contributed by atoms with van der Waals surface area (Å²) in [5.41, 5.74) is 3.81. The van der Waals surface area contributed by atoms with Crippen LogP contribution in [0.3, 0.4) is 0 Å². The largest absolute Gasteiger partial charge is 0.354 e.